The van der Waals surface area contributed by atoms with Gasteiger partial charge in [0, 0.05) is 22.5 Å². The zero-order chi connectivity index (χ0) is 41.7. The second-order valence-electron chi connectivity index (χ2n) is 17.1. The molecule has 1 nitrogen and oxygen atoms in total. The summed E-state index contributed by atoms with van der Waals surface area (Å²) in [6.07, 6.45) is 0. The summed E-state index contributed by atoms with van der Waals surface area (Å²) in [7, 11) is 0. The Morgan fingerprint density at radius 1 is 0.311 bits per heavy atom. The number of aryl methyl sites for hydroxylation is 3. The normalized spacial score (nSPS) is 12.5. The average Bonchev–Trinajstić information content (AvgIpc) is 3.53. The summed E-state index contributed by atoms with van der Waals surface area (Å²) in [5.41, 5.74) is 17.6. The predicted octanol–water partition coefficient (Wildman–Crippen LogP) is 16.9. The average molecular weight is 784 g/mol. The van der Waals surface area contributed by atoms with Crippen molar-refractivity contribution in [2.45, 2.75) is 40.0 Å². The molecule has 0 saturated heterocycles. The fraction of sp³-hybridized carbons (Fsp3) is 0.100. The summed E-state index contributed by atoms with van der Waals surface area (Å²) in [5.74, 6) is 0. The third kappa shape index (κ3) is 6.77. The topological polar surface area (TPSA) is 3.24 Å². The molecule has 0 N–H and O–H groups in total. The van der Waals surface area contributed by atoms with E-state index in [0.29, 0.717) is 0 Å². The first-order chi connectivity index (χ1) is 29.8. The van der Waals surface area contributed by atoms with Crippen molar-refractivity contribution >= 4 is 49.4 Å². The van der Waals surface area contributed by atoms with Crippen LogP contribution < -0.4 is 4.90 Å². The third-order valence-corrected chi connectivity index (χ3v) is 12.9. The van der Waals surface area contributed by atoms with E-state index in [4.69, 9.17) is 0 Å². The molecule has 0 fully saturated rings. The highest BCUT2D eigenvalue weighted by Gasteiger charge is 2.35. The van der Waals surface area contributed by atoms with Crippen LogP contribution in [0.25, 0.3) is 65.7 Å². The highest BCUT2D eigenvalue weighted by molar-refractivity contribution is 6.25. The molecule has 0 saturated carbocycles. The van der Waals surface area contributed by atoms with Crippen LogP contribution in [0, 0.1) is 20.8 Å². The standard InChI is InChI=1S/C53H41N.C7H8/c1-34-13-5-6-14-41(34)49-31-37(22-21-35(49)2)36-23-25-38(26-24-36)54(40-28-30-48-47-19-11-12-20-51(47)53(3,4)52(48)33-40)39-27-29-46-44-17-8-7-15-42(44)43-16-9-10-18-45(43)50(46)32-39;1-7-5-3-2-4-6-7/h5-33H,1-4H3;2-6H,1H3. The number of anilines is 3. The van der Waals surface area contributed by atoms with Crippen LogP contribution in [0.1, 0.15) is 41.7 Å². The molecule has 0 bridgehead atoms. The van der Waals surface area contributed by atoms with E-state index in [1.807, 2.05) is 18.2 Å². The van der Waals surface area contributed by atoms with Crippen molar-refractivity contribution in [1.82, 2.24) is 0 Å². The molecule has 10 aromatic rings. The number of fused-ring (bicyclic) bond motifs is 9. The minimum Gasteiger partial charge on any atom is -0.310 e. The highest BCUT2D eigenvalue weighted by Crippen LogP contribution is 2.51. The summed E-state index contributed by atoms with van der Waals surface area (Å²) in [4.78, 5) is 2.44. The van der Waals surface area contributed by atoms with E-state index in [-0.39, 0.29) is 5.41 Å². The Bertz CT molecular complexity index is 3210. The third-order valence-electron chi connectivity index (χ3n) is 12.9. The molecular formula is C60H49N. The minimum atomic E-state index is -0.101. The van der Waals surface area contributed by atoms with Crippen LogP contribution in [-0.2, 0) is 5.41 Å². The van der Waals surface area contributed by atoms with Gasteiger partial charge in [0.05, 0.1) is 0 Å². The lowest BCUT2D eigenvalue weighted by molar-refractivity contribution is 0.660. The first-order valence-corrected chi connectivity index (χ1v) is 21.4. The van der Waals surface area contributed by atoms with Crippen LogP contribution in [0.15, 0.2) is 206 Å². The molecule has 0 amide bonds. The van der Waals surface area contributed by atoms with Crippen LogP contribution in [0.5, 0.6) is 0 Å². The smallest absolute Gasteiger partial charge is 0.0468 e. The van der Waals surface area contributed by atoms with Gasteiger partial charge in [0.15, 0.2) is 0 Å². The lowest BCUT2D eigenvalue weighted by Crippen LogP contribution is -2.16. The molecule has 0 atom stereocenters. The predicted molar refractivity (Wildman–Crippen MR) is 263 cm³/mol. The van der Waals surface area contributed by atoms with Gasteiger partial charge < -0.3 is 4.90 Å². The van der Waals surface area contributed by atoms with Crippen LogP contribution in [-0.4, -0.2) is 0 Å². The minimum absolute atomic E-state index is 0.101. The molecular weight excluding hydrogens is 735 g/mol. The molecule has 0 heterocycles. The van der Waals surface area contributed by atoms with Crippen LogP contribution in [0.3, 0.4) is 0 Å². The maximum absolute atomic E-state index is 2.44. The van der Waals surface area contributed by atoms with E-state index in [0.717, 1.165) is 17.1 Å². The second-order valence-corrected chi connectivity index (χ2v) is 17.1. The van der Waals surface area contributed by atoms with Gasteiger partial charge in [-0.1, -0.05) is 183 Å². The Kier molecular flexibility index (Phi) is 9.61. The van der Waals surface area contributed by atoms with Gasteiger partial charge in [-0.05, 0) is 151 Å². The van der Waals surface area contributed by atoms with E-state index < -0.39 is 0 Å². The lowest BCUT2D eigenvalue weighted by Gasteiger charge is -2.28. The van der Waals surface area contributed by atoms with Crippen molar-refractivity contribution in [2.75, 3.05) is 4.90 Å². The SMILES string of the molecule is Cc1ccccc1.Cc1ccccc1-c1cc(-c2ccc(N(c3ccc4c(c3)C(C)(C)c3ccccc3-4)c3ccc4c5ccccc5c5ccccc5c4c3)cc2)ccc1C. The Balaban J connectivity index is 0.000000581. The van der Waals surface area contributed by atoms with Crippen molar-refractivity contribution in [3.05, 3.63) is 234 Å². The van der Waals surface area contributed by atoms with Crippen LogP contribution in [0.2, 0.25) is 0 Å². The van der Waals surface area contributed by atoms with Gasteiger partial charge in [-0.2, -0.15) is 0 Å². The van der Waals surface area contributed by atoms with Crippen molar-refractivity contribution in [3.63, 3.8) is 0 Å². The molecule has 0 unspecified atom stereocenters. The number of hydrogen-bond donors (Lipinski definition) is 0. The van der Waals surface area contributed by atoms with E-state index in [2.05, 4.69) is 228 Å². The zero-order valence-electron chi connectivity index (χ0n) is 35.6. The molecule has 0 radical (unpaired) electrons. The van der Waals surface area contributed by atoms with Crippen molar-refractivity contribution in [2.24, 2.45) is 0 Å². The van der Waals surface area contributed by atoms with Gasteiger partial charge >= 0.3 is 0 Å². The van der Waals surface area contributed by atoms with Crippen LogP contribution in [0.4, 0.5) is 17.1 Å². The van der Waals surface area contributed by atoms with Gasteiger partial charge in [-0.15, -0.1) is 0 Å². The monoisotopic (exact) mass is 783 g/mol. The van der Waals surface area contributed by atoms with Gasteiger partial charge in [-0.25, -0.2) is 0 Å². The number of benzene rings is 10. The first-order valence-electron chi connectivity index (χ1n) is 21.4. The van der Waals surface area contributed by atoms with E-state index >= 15 is 0 Å². The largest absolute Gasteiger partial charge is 0.310 e. The number of rotatable bonds is 5. The summed E-state index contributed by atoms with van der Waals surface area (Å²) < 4.78 is 0. The molecule has 10 aromatic carbocycles. The fourth-order valence-corrected chi connectivity index (χ4v) is 9.62. The lowest BCUT2D eigenvalue weighted by atomic mass is 9.82. The maximum atomic E-state index is 2.44. The summed E-state index contributed by atoms with van der Waals surface area (Å²) in [5, 5.41) is 7.68. The Morgan fingerprint density at radius 2 is 0.803 bits per heavy atom. The summed E-state index contributed by atoms with van der Waals surface area (Å²) in [6.45, 7) is 11.2. The molecule has 0 spiro atoms. The molecule has 0 aliphatic heterocycles. The number of nitrogens with zero attached hydrogens (tertiary/aromatic N) is 1. The Labute approximate surface area is 360 Å². The molecule has 1 aliphatic rings. The Morgan fingerprint density at radius 3 is 1.46 bits per heavy atom. The summed E-state index contributed by atoms with van der Waals surface area (Å²) >= 11 is 0. The first kappa shape index (κ1) is 38.0. The van der Waals surface area contributed by atoms with Gasteiger partial charge in [0.25, 0.3) is 0 Å². The summed E-state index contributed by atoms with van der Waals surface area (Å²) in [6, 6.07) is 75.6. The molecule has 1 aliphatic carbocycles. The molecule has 294 valence electrons. The quantitative estimate of drug-likeness (QED) is 0.157. The van der Waals surface area contributed by atoms with Crippen LogP contribution >= 0.6 is 0 Å². The fourth-order valence-electron chi connectivity index (χ4n) is 9.62. The van der Waals surface area contributed by atoms with Gasteiger partial charge in [0.2, 0.25) is 0 Å². The van der Waals surface area contributed by atoms with E-state index in [1.165, 1.54) is 93.5 Å². The van der Waals surface area contributed by atoms with Gasteiger partial charge in [0.1, 0.15) is 0 Å². The van der Waals surface area contributed by atoms with E-state index in [1.54, 1.807) is 0 Å². The molecule has 11 rings (SSSR count). The maximum Gasteiger partial charge on any atom is 0.0468 e. The highest BCUT2D eigenvalue weighted by atomic mass is 15.1. The van der Waals surface area contributed by atoms with Gasteiger partial charge in [-0.3, -0.25) is 0 Å². The van der Waals surface area contributed by atoms with Crippen molar-refractivity contribution in [1.29, 1.82) is 0 Å². The second kappa shape index (κ2) is 15.4. The molecule has 0 aromatic heterocycles. The van der Waals surface area contributed by atoms with Crippen molar-refractivity contribution in [3.8, 4) is 33.4 Å². The van der Waals surface area contributed by atoms with Crippen molar-refractivity contribution < 1.29 is 0 Å². The molecule has 1 heteroatoms. The number of hydrogen-bond acceptors (Lipinski definition) is 1. The Hall–Kier alpha value is -7.22. The zero-order valence-corrected chi connectivity index (χ0v) is 35.6. The van der Waals surface area contributed by atoms with E-state index in [9.17, 15) is 0 Å². The molecule has 61 heavy (non-hydrogen) atoms.